The lowest BCUT2D eigenvalue weighted by molar-refractivity contribution is -0.127. The Bertz CT molecular complexity index is 712. The Morgan fingerprint density at radius 1 is 1.24 bits per heavy atom. The zero-order valence-electron chi connectivity index (χ0n) is 14.6. The second kappa shape index (κ2) is 6.74. The molecule has 25 heavy (non-hydrogen) atoms. The summed E-state index contributed by atoms with van der Waals surface area (Å²) in [5.74, 6) is 0.553. The van der Waals surface area contributed by atoms with E-state index in [1.807, 2.05) is 0 Å². The Morgan fingerprint density at radius 2 is 2.00 bits per heavy atom. The van der Waals surface area contributed by atoms with Crippen LogP contribution in [0.3, 0.4) is 0 Å². The summed E-state index contributed by atoms with van der Waals surface area (Å²) in [5, 5.41) is 5.57. The van der Waals surface area contributed by atoms with Gasteiger partial charge in [0.1, 0.15) is 11.5 Å². The third kappa shape index (κ3) is 3.45. The van der Waals surface area contributed by atoms with Gasteiger partial charge in [-0.05, 0) is 37.5 Å². The molecule has 3 amide bonds. The minimum Gasteiger partial charge on any atom is -0.495 e. The summed E-state index contributed by atoms with van der Waals surface area (Å²) >= 11 is 0. The Balaban J connectivity index is 1.80. The summed E-state index contributed by atoms with van der Waals surface area (Å²) < 4.78 is 5.30. The first-order chi connectivity index (χ1) is 11.9. The standard InChI is InChI=1S/C18H23N3O4/c1-12(22)19-13-4-5-16(25-2)15(10-13)20-17(24)21-9-6-14(23)11-18(21)7-3-8-18/h4-5,10H,3,6-9,11H2,1-2H3,(H,19,22)(H,20,24). The number of ether oxygens (including phenoxy) is 1. The summed E-state index contributed by atoms with van der Waals surface area (Å²) in [5.41, 5.74) is 0.753. The maximum absolute atomic E-state index is 12.8. The van der Waals surface area contributed by atoms with Crippen molar-refractivity contribution in [2.24, 2.45) is 0 Å². The van der Waals surface area contributed by atoms with Gasteiger partial charge in [-0.2, -0.15) is 0 Å². The number of rotatable bonds is 3. The van der Waals surface area contributed by atoms with Crippen molar-refractivity contribution >= 4 is 29.1 Å². The van der Waals surface area contributed by atoms with Crippen molar-refractivity contribution in [3.8, 4) is 5.75 Å². The molecule has 3 rings (SSSR count). The lowest BCUT2D eigenvalue weighted by Gasteiger charge is -2.52. The molecule has 1 aromatic rings. The third-order valence-electron chi connectivity index (χ3n) is 5.00. The number of Topliss-reactive ketones (excluding diaryl/α,β-unsaturated/α-hetero) is 1. The fraction of sp³-hybridized carbons (Fsp3) is 0.500. The predicted octanol–water partition coefficient (Wildman–Crippen LogP) is 2.77. The van der Waals surface area contributed by atoms with E-state index >= 15 is 0 Å². The second-order valence-electron chi connectivity index (χ2n) is 6.72. The molecule has 7 nitrogen and oxygen atoms in total. The normalized spacial score (nSPS) is 18.5. The van der Waals surface area contributed by atoms with Gasteiger partial charge in [-0.1, -0.05) is 0 Å². The smallest absolute Gasteiger partial charge is 0.322 e. The molecule has 0 atom stereocenters. The number of carbonyl (C=O) groups is 3. The van der Waals surface area contributed by atoms with Crippen molar-refractivity contribution in [2.75, 3.05) is 24.3 Å². The quantitative estimate of drug-likeness (QED) is 0.882. The van der Waals surface area contributed by atoms with Crippen LogP contribution < -0.4 is 15.4 Å². The van der Waals surface area contributed by atoms with Gasteiger partial charge in [-0.3, -0.25) is 9.59 Å². The van der Waals surface area contributed by atoms with Crippen LogP contribution in [0.15, 0.2) is 18.2 Å². The second-order valence-corrected chi connectivity index (χ2v) is 6.72. The number of carbonyl (C=O) groups excluding carboxylic acids is 3. The van der Waals surface area contributed by atoms with E-state index in [0.29, 0.717) is 36.5 Å². The van der Waals surface area contributed by atoms with Crippen LogP contribution in [0.5, 0.6) is 5.75 Å². The highest BCUT2D eigenvalue weighted by molar-refractivity contribution is 5.95. The van der Waals surface area contributed by atoms with Gasteiger partial charge in [-0.15, -0.1) is 0 Å². The molecule has 2 N–H and O–H groups in total. The lowest BCUT2D eigenvalue weighted by atomic mass is 9.70. The van der Waals surface area contributed by atoms with Crippen LogP contribution in [0, 0.1) is 0 Å². The number of anilines is 2. The Hall–Kier alpha value is -2.57. The number of piperidine rings is 1. The number of hydrogen-bond donors (Lipinski definition) is 2. The van der Waals surface area contributed by atoms with Crippen molar-refractivity contribution in [1.82, 2.24) is 4.90 Å². The van der Waals surface area contributed by atoms with E-state index in [2.05, 4.69) is 10.6 Å². The lowest BCUT2D eigenvalue weighted by Crippen LogP contribution is -2.61. The zero-order chi connectivity index (χ0) is 18.0. The first kappa shape index (κ1) is 17.3. The summed E-state index contributed by atoms with van der Waals surface area (Å²) in [4.78, 5) is 37.7. The number of ketones is 1. The molecule has 2 aliphatic rings. The molecule has 1 saturated carbocycles. The first-order valence-electron chi connectivity index (χ1n) is 8.49. The Labute approximate surface area is 146 Å². The maximum Gasteiger partial charge on any atom is 0.322 e. The van der Waals surface area contributed by atoms with E-state index in [1.54, 1.807) is 23.1 Å². The molecule has 134 valence electrons. The van der Waals surface area contributed by atoms with Crippen LogP contribution in [0.2, 0.25) is 0 Å². The molecule has 1 heterocycles. The molecular weight excluding hydrogens is 322 g/mol. The van der Waals surface area contributed by atoms with E-state index < -0.39 is 0 Å². The number of nitrogens with one attached hydrogen (secondary N) is 2. The summed E-state index contributed by atoms with van der Waals surface area (Å²) in [7, 11) is 1.52. The van der Waals surface area contributed by atoms with Crippen LogP contribution in [0.1, 0.15) is 39.0 Å². The molecule has 2 fully saturated rings. The van der Waals surface area contributed by atoms with Crippen LogP contribution in [-0.4, -0.2) is 41.8 Å². The molecule has 1 aliphatic heterocycles. The average Bonchev–Trinajstić information content (AvgIpc) is 2.52. The SMILES string of the molecule is COc1ccc(NC(C)=O)cc1NC(=O)N1CCC(=O)CC12CCC2. The molecule has 1 saturated heterocycles. The molecule has 1 aliphatic carbocycles. The molecule has 0 radical (unpaired) electrons. The van der Waals surface area contributed by atoms with Gasteiger partial charge in [0.05, 0.1) is 18.3 Å². The maximum atomic E-state index is 12.8. The molecule has 0 unspecified atom stereocenters. The summed E-state index contributed by atoms with van der Waals surface area (Å²) in [6.07, 6.45) is 3.63. The molecule has 1 aromatic carbocycles. The van der Waals surface area contributed by atoms with Crippen molar-refractivity contribution in [1.29, 1.82) is 0 Å². The highest BCUT2D eigenvalue weighted by Gasteiger charge is 2.48. The van der Waals surface area contributed by atoms with E-state index in [9.17, 15) is 14.4 Å². The Morgan fingerprint density at radius 3 is 2.60 bits per heavy atom. The van der Waals surface area contributed by atoms with Gasteiger partial charge in [0.25, 0.3) is 0 Å². The fourth-order valence-corrected chi connectivity index (χ4v) is 3.64. The van der Waals surface area contributed by atoms with Gasteiger partial charge >= 0.3 is 6.03 Å². The van der Waals surface area contributed by atoms with Crippen molar-refractivity contribution in [3.63, 3.8) is 0 Å². The third-order valence-corrected chi connectivity index (χ3v) is 5.00. The number of nitrogens with zero attached hydrogens (tertiary/aromatic N) is 1. The zero-order valence-corrected chi connectivity index (χ0v) is 14.6. The minimum atomic E-state index is -0.318. The first-order valence-corrected chi connectivity index (χ1v) is 8.49. The Kier molecular flexibility index (Phi) is 4.65. The van der Waals surface area contributed by atoms with E-state index in [4.69, 9.17) is 4.74 Å². The fourth-order valence-electron chi connectivity index (χ4n) is 3.64. The van der Waals surface area contributed by atoms with Crippen LogP contribution >= 0.6 is 0 Å². The highest BCUT2D eigenvalue weighted by Crippen LogP contribution is 2.43. The van der Waals surface area contributed by atoms with Crippen molar-refractivity contribution in [2.45, 2.75) is 44.6 Å². The van der Waals surface area contributed by atoms with Gasteiger partial charge in [0, 0.05) is 32.0 Å². The van der Waals surface area contributed by atoms with E-state index in [1.165, 1.54) is 14.0 Å². The van der Waals surface area contributed by atoms with E-state index in [-0.39, 0.29) is 23.3 Å². The van der Waals surface area contributed by atoms with E-state index in [0.717, 1.165) is 19.3 Å². The number of hydrogen-bond acceptors (Lipinski definition) is 4. The van der Waals surface area contributed by atoms with Gasteiger partial charge < -0.3 is 20.3 Å². The molecule has 0 bridgehead atoms. The highest BCUT2D eigenvalue weighted by atomic mass is 16.5. The number of urea groups is 1. The predicted molar refractivity (Wildman–Crippen MR) is 93.8 cm³/mol. The van der Waals surface area contributed by atoms with Gasteiger partial charge in [0.2, 0.25) is 5.91 Å². The number of amides is 3. The van der Waals surface area contributed by atoms with Crippen molar-refractivity contribution < 1.29 is 19.1 Å². The van der Waals surface area contributed by atoms with Gasteiger partial charge in [-0.25, -0.2) is 4.79 Å². The molecule has 1 spiro atoms. The average molecular weight is 345 g/mol. The monoisotopic (exact) mass is 345 g/mol. The molecular formula is C18H23N3O4. The van der Waals surface area contributed by atoms with Gasteiger partial charge in [0.15, 0.2) is 0 Å². The molecule has 7 heteroatoms. The van der Waals surface area contributed by atoms with Crippen LogP contribution in [0.25, 0.3) is 0 Å². The number of benzene rings is 1. The van der Waals surface area contributed by atoms with Crippen LogP contribution in [-0.2, 0) is 9.59 Å². The molecule has 0 aromatic heterocycles. The number of methoxy groups -OCH3 is 1. The van der Waals surface area contributed by atoms with Crippen LogP contribution in [0.4, 0.5) is 16.2 Å². The topological polar surface area (TPSA) is 87.7 Å². The van der Waals surface area contributed by atoms with Crippen molar-refractivity contribution in [3.05, 3.63) is 18.2 Å². The summed E-state index contributed by atoms with van der Waals surface area (Å²) in [6.45, 7) is 1.87. The summed E-state index contributed by atoms with van der Waals surface area (Å²) in [6, 6.07) is 4.84. The number of likely N-dealkylation sites (tertiary alicyclic amines) is 1. The largest absolute Gasteiger partial charge is 0.495 e. The minimum absolute atomic E-state index is 0.189.